The monoisotopic (exact) mass is 460 g/mol. The Morgan fingerprint density at radius 3 is 2.72 bits per heavy atom. The number of ether oxygens (including phenoxy) is 1. The summed E-state index contributed by atoms with van der Waals surface area (Å²) in [6.45, 7) is 3.67. The van der Waals surface area contributed by atoms with Gasteiger partial charge in [-0.05, 0) is 56.0 Å². The van der Waals surface area contributed by atoms with Crippen molar-refractivity contribution in [3.63, 3.8) is 0 Å². The fourth-order valence-corrected chi connectivity index (χ4v) is 6.06. The Kier molecular flexibility index (Phi) is 7.27. The lowest BCUT2D eigenvalue weighted by atomic mass is 9.97. The number of nitrogens with one attached hydrogen (secondary N) is 1. The second-order valence-corrected chi connectivity index (χ2v) is 10.5. The third-order valence-electron chi connectivity index (χ3n) is 6.32. The highest BCUT2D eigenvalue weighted by Gasteiger charge is 2.28. The van der Waals surface area contributed by atoms with Crippen molar-refractivity contribution >= 4 is 32.7 Å². The number of pyridine rings is 1. The van der Waals surface area contributed by atoms with E-state index >= 15 is 0 Å². The first kappa shape index (κ1) is 22.9. The molecule has 32 heavy (non-hydrogen) atoms. The molecule has 0 bridgehead atoms. The largest absolute Gasteiger partial charge is 0.383 e. The Morgan fingerprint density at radius 1 is 1.12 bits per heavy atom. The fraction of sp³-hybridized carbons (Fsp3) is 0.565. The van der Waals surface area contributed by atoms with Crippen molar-refractivity contribution in [1.29, 1.82) is 0 Å². The normalized spacial score (nSPS) is 20.4. The summed E-state index contributed by atoms with van der Waals surface area (Å²) in [6.07, 6.45) is 4.70. The van der Waals surface area contributed by atoms with Crippen LogP contribution in [0.2, 0.25) is 0 Å². The number of nitrogens with zero attached hydrogens (tertiary/aromatic N) is 3. The second-order valence-electron chi connectivity index (χ2n) is 8.56. The smallest absolute Gasteiger partial charge is 0.243 e. The average Bonchev–Trinajstić information content (AvgIpc) is 2.84. The molecule has 2 aliphatic heterocycles. The molecular formula is C23H32N4O4S. The molecule has 3 heterocycles. The molecule has 0 radical (unpaired) electrons. The van der Waals surface area contributed by atoms with Crippen molar-refractivity contribution in [2.45, 2.75) is 37.0 Å². The van der Waals surface area contributed by atoms with Crippen molar-refractivity contribution in [3.8, 4) is 0 Å². The van der Waals surface area contributed by atoms with Crippen molar-refractivity contribution < 1.29 is 17.9 Å². The number of piperidine rings is 2. The van der Waals surface area contributed by atoms with Gasteiger partial charge in [0, 0.05) is 45.2 Å². The highest BCUT2D eigenvalue weighted by molar-refractivity contribution is 7.89. The lowest BCUT2D eigenvalue weighted by Gasteiger charge is -2.33. The molecule has 2 aromatic rings. The van der Waals surface area contributed by atoms with Crippen LogP contribution in [-0.2, 0) is 19.6 Å². The Labute approximate surface area is 190 Å². The highest BCUT2D eigenvalue weighted by atomic mass is 32.2. The van der Waals surface area contributed by atoms with Gasteiger partial charge in [-0.15, -0.1) is 0 Å². The SMILES string of the molecule is COCCNC(=O)[C@H]1CCCN(c2ccc3cc(S(=O)(=O)N4CCCCC4)ccc3n2)C1. The number of hydrogen-bond acceptors (Lipinski definition) is 6. The Balaban J connectivity index is 1.49. The molecular weight excluding hydrogens is 428 g/mol. The number of sulfonamides is 1. The topological polar surface area (TPSA) is 91.8 Å². The maximum Gasteiger partial charge on any atom is 0.243 e. The molecule has 1 N–H and O–H groups in total. The zero-order valence-corrected chi connectivity index (χ0v) is 19.4. The Morgan fingerprint density at radius 2 is 1.94 bits per heavy atom. The lowest BCUT2D eigenvalue weighted by molar-refractivity contribution is -0.125. The Hall–Kier alpha value is -2.23. The van der Waals surface area contributed by atoms with E-state index in [4.69, 9.17) is 9.72 Å². The summed E-state index contributed by atoms with van der Waals surface area (Å²) in [4.78, 5) is 19.7. The molecule has 2 fully saturated rings. The molecule has 8 nitrogen and oxygen atoms in total. The number of fused-ring (bicyclic) bond motifs is 1. The van der Waals surface area contributed by atoms with Gasteiger partial charge in [-0.3, -0.25) is 4.79 Å². The summed E-state index contributed by atoms with van der Waals surface area (Å²) in [5, 5.41) is 3.73. The van der Waals surface area contributed by atoms with Crippen LogP contribution in [0.4, 0.5) is 5.82 Å². The molecule has 1 atom stereocenters. The lowest BCUT2D eigenvalue weighted by Crippen LogP contribution is -2.44. The van der Waals surface area contributed by atoms with E-state index in [0.29, 0.717) is 37.7 Å². The first-order chi connectivity index (χ1) is 15.5. The van der Waals surface area contributed by atoms with Crippen LogP contribution >= 0.6 is 0 Å². The highest BCUT2D eigenvalue weighted by Crippen LogP contribution is 2.27. The van der Waals surface area contributed by atoms with Crippen LogP contribution < -0.4 is 10.2 Å². The van der Waals surface area contributed by atoms with Crippen LogP contribution in [0.1, 0.15) is 32.1 Å². The molecule has 0 unspecified atom stereocenters. The van der Waals surface area contributed by atoms with Gasteiger partial charge in [0.25, 0.3) is 0 Å². The maximum absolute atomic E-state index is 13.0. The number of hydrogen-bond donors (Lipinski definition) is 1. The van der Waals surface area contributed by atoms with Crippen molar-refractivity contribution in [1.82, 2.24) is 14.6 Å². The van der Waals surface area contributed by atoms with Gasteiger partial charge < -0.3 is 15.0 Å². The predicted molar refractivity (Wildman–Crippen MR) is 124 cm³/mol. The molecule has 2 saturated heterocycles. The molecule has 2 aliphatic rings. The summed E-state index contributed by atoms with van der Waals surface area (Å²) in [6, 6.07) is 9.01. The molecule has 1 aromatic carbocycles. The van der Waals surface area contributed by atoms with Crippen LogP contribution in [0.15, 0.2) is 35.2 Å². The standard InChI is InChI=1S/C23H32N4O4S/c1-31-15-11-24-23(28)19-6-5-12-26(17-19)22-10-7-18-16-20(8-9-21(18)25-22)32(29,30)27-13-3-2-4-14-27/h7-10,16,19H,2-6,11-15,17H2,1H3,(H,24,28)/t19-/m0/s1. The summed E-state index contributed by atoms with van der Waals surface area (Å²) in [5.41, 5.74) is 0.756. The van der Waals surface area contributed by atoms with Gasteiger partial charge in [-0.2, -0.15) is 4.31 Å². The zero-order valence-electron chi connectivity index (χ0n) is 18.6. The third kappa shape index (κ3) is 5.05. The van der Waals surface area contributed by atoms with Crippen LogP contribution in [0.5, 0.6) is 0 Å². The first-order valence-electron chi connectivity index (χ1n) is 11.4. The van der Waals surface area contributed by atoms with Gasteiger partial charge in [0.1, 0.15) is 5.82 Å². The van der Waals surface area contributed by atoms with E-state index < -0.39 is 10.0 Å². The van der Waals surface area contributed by atoms with Crippen LogP contribution in [0, 0.1) is 5.92 Å². The van der Waals surface area contributed by atoms with E-state index in [-0.39, 0.29) is 11.8 Å². The molecule has 174 valence electrons. The number of carbonyl (C=O) groups is 1. The van der Waals surface area contributed by atoms with Crippen molar-refractivity contribution in [2.75, 3.05) is 51.3 Å². The molecule has 0 saturated carbocycles. The van der Waals surface area contributed by atoms with Gasteiger partial charge in [-0.25, -0.2) is 13.4 Å². The first-order valence-corrected chi connectivity index (χ1v) is 12.9. The number of benzene rings is 1. The van der Waals surface area contributed by atoms with Gasteiger partial charge >= 0.3 is 0 Å². The minimum atomic E-state index is -3.47. The average molecular weight is 461 g/mol. The molecule has 1 aromatic heterocycles. The fourth-order valence-electron chi connectivity index (χ4n) is 4.50. The summed E-state index contributed by atoms with van der Waals surface area (Å²) in [7, 11) is -1.85. The van der Waals surface area contributed by atoms with Crippen LogP contribution in [-0.4, -0.2) is 70.1 Å². The number of anilines is 1. The third-order valence-corrected chi connectivity index (χ3v) is 8.21. The van der Waals surface area contributed by atoms with Gasteiger partial charge in [-0.1, -0.05) is 6.42 Å². The predicted octanol–water partition coefficient (Wildman–Crippen LogP) is 2.39. The number of aromatic nitrogens is 1. The Bertz CT molecular complexity index is 1050. The van der Waals surface area contributed by atoms with E-state index in [1.807, 2.05) is 12.1 Å². The summed E-state index contributed by atoms with van der Waals surface area (Å²) < 4.78 is 32.6. The van der Waals surface area contributed by atoms with E-state index in [1.165, 1.54) is 0 Å². The van der Waals surface area contributed by atoms with Crippen molar-refractivity contribution in [3.05, 3.63) is 30.3 Å². The van der Waals surface area contributed by atoms with Crippen LogP contribution in [0.3, 0.4) is 0 Å². The number of amides is 1. The molecule has 0 aliphatic carbocycles. The minimum absolute atomic E-state index is 0.0556. The molecule has 0 spiro atoms. The number of methoxy groups -OCH3 is 1. The quantitative estimate of drug-likeness (QED) is 0.638. The van der Waals surface area contributed by atoms with Crippen LogP contribution in [0.25, 0.3) is 10.9 Å². The molecule has 1 amide bonds. The minimum Gasteiger partial charge on any atom is -0.383 e. The van der Waals surface area contributed by atoms with E-state index in [0.717, 1.165) is 55.4 Å². The van der Waals surface area contributed by atoms with Gasteiger partial charge in [0.05, 0.1) is 22.9 Å². The number of rotatable bonds is 7. The second kappa shape index (κ2) is 10.1. The maximum atomic E-state index is 13.0. The van der Waals surface area contributed by atoms with E-state index in [1.54, 1.807) is 29.6 Å². The van der Waals surface area contributed by atoms with E-state index in [2.05, 4.69) is 10.2 Å². The summed E-state index contributed by atoms with van der Waals surface area (Å²) in [5.74, 6) is 0.800. The van der Waals surface area contributed by atoms with Gasteiger partial charge in [0.2, 0.25) is 15.9 Å². The van der Waals surface area contributed by atoms with Gasteiger partial charge in [0.15, 0.2) is 0 Å². The van der Waals surface area contributed by atoms with Crippen molar-refractivity contribution in [2.24, 2.45) is 5.92 Å². The molecule has 9 heteroatoms. The summed E-state index contributed by atoms with van der Waals surface area (Å²) >= 11 is 0. The van der Waals surface area contributed by atoms with E-state index in [9.17, 15) is 13.2 Å². The number of carbonyl (C=O) groups excluding carboxylic acids is 1. The molecule has 4 rings (SSSR count). The zero-order chi connectivity index (χ0) is 22.6.